The van der Waals surface area contributed by atoms with Crippen LogP contribution in [-0.2, 0) is 20.6 Å². The van der Waals surface area contributed by atoms with E-state index in [9.17, 15) is 13.2 Å². The molecule has 2 aromatic carbocycles. The molecule has 1 amide bonds. The predicted octanol–water partition coefficient (Wildman–Crippen LogP) is 3.19. The van der Waals surface area contributed by atoms with E-state index in [1.165, 1.54) is 4.31 Å². The second-order valence-corrected chi connectivity index (χ2v) is 10.3. The van der Waals surface area contributed by atoms with Crippen LogP contribution in [0.15, 0.2) is 53.0 Å². The van der Waals surface area contributed by atoms with Crippen molar-refractivity contribution >= 4 is 31.9 Å². The standard InChI is InChI=1S/C22H27BrN2O5S/c1-29-20-6-8-21(9-7-20)30-15-12-24-22(26)18-10-13-25(14-11-18)31(27,28)16-17-2-4-19(23)5-3-17/h2-9,18H,10-16H2,1H3,(H,24,26). The molecule has 31 heavy (non-hydrogen) atoms. The number of nitrogens with zero attached hydrogens (tertiary/aromatic N) is 1. The molecular weight excluding hydrogens is 484 g/mol. The van der Waals surface area contributed by atoms with Gasteiger partial charge in [0.25, 0.3) is 0 Å². The van der Waals surface area contributed by atoms with E-state index in [2.05, 4.69) is 21.2 Å². The third-order valence-corrected chi connectivity index (χ3v) is 7.59. The Morgan fingerprint density at radius 1 is 1.06 bits per heavy atom. The first-order valence-electron chi connectivity index (χ1n) is 10.1. The molecule has 1 N–H and O–H groups in total. The zero-order chi connectivity index (χ0) is 22.3. The largest absolute Gasteiger partial charge is 0.497 e. The average Bonchev–Trinajstić information content (AvgIpc) is 2.78. The molecule has 0 radical (unpaired) electrons. The van der Waals surface area contributed by atoms with Crippen molar-refractivity contribution in [2.24, 2.45) is 5.92 Å². The molecule has 7 nitrogen and oxygen atoms in total. The Morgan fingerprint density at radius 3 is 2.29 bits per heavy atom. The van der Waals surface area contributed by atoms with Crippen LogP contribution in [0.3, 0.4) is 0 Å². The fourth-order valence-corrected chi connectivity index (χ4v) is 5.27. The summed E-state index contributed by atoms with van der Waals surface area (Å²) in [6.45, 7) is 1.48. The number of carbonyl (C=O) groups is 1. The zero-order valence-electron chi connectivity index (χ0n) is 17.4. The fraction of sp³-hybridized carbons (Fsp3) is 0.409. The number of ether oxygens (including phenoxy) is 2. The van der Waals surface area contributed by atoms with Gasteiger partial charge in [-0.05, 0) is 54.8 Å². The molecule has 3 rings (SSSR count). The molecule has 0 aromatic heterocycles. The number of hydrogen-bond donors (Lipinski definition) is 1. The number of hydrogen-bond acceptors (Lipinski definition) is 5. The van der Waals surface area contributed by atoms with Gasteiger partial charge in [0, 0.05) is 23.5 Å². The van der Waals surface area contributed by atoms with Crippen LogP contribution in [0.4, 0.5) is 0 Å². The molecule has 0 unspecified atom stereocenters. The summed E-state index contributed by atoms with van der Waals surface area (Å²) in [7, 11) is -1.79. The quantitative estimate of drug-likeness (QED) is 0.523. The van der Waals surface area contributed by atoms with Crippen molar-refractivity contribution in [3.8, 4) is 11.5 Å². The summed E-state index contributed by atoms with van der Waals surface area (Å²) in [6, 6.07) is 14.5. The van der Waals surface area contributed by atoms with Gasteiger partial charge in [-0.2, -0.15) is 0 Å². The van der Waals surface area contributed by atoms with Crippen molar-refractivity contribution in [3.63, 3.8) is 0 Å². The van der Waals surface area contributed by atoms with Gasteiger partial charge in [-0.3, -0.25) is 4.79 Å². The molecular formula is C22H27BrN2O5S. The molecule has 1 aliphatic rings. The van der Waals surface area contributed by atoms with Crippen molar-refractivity contribution in [1.82, 2.24) is 9.62 Å². The number of nitrogens with one attached hydrogen (secondary N) is 1. The topological polar surface area (TPSA) is 84.9 Å². The number of piperidine rings is 1. The summed E-state index contributed by atoms with van der Waals surface area (Å²) in [5, 5.41) is 2.88. The fourth-order valence-electron chi connectivity index (χ4n) is 3.44. The van der Waals surface area contributed by atoms with Gasteiger partial charge in [-0.15, -0.1) is 0 Å². The Bertz CT molecular complexity index is 956. The molecule has 0 bridgehead atoms. The first-order valence-corrected chi connectivity index (χ1v) is 12.5. The molecule has 0 saturated carbocycles. The Morgan fingerprint density at radius 2 is 1.68 bits per heavy atom. The Labute approximate surface area is 191 Å². The number of rotatable bonds is 9. The molecule has 9 heteroatoms. The molecule has 2 aromatic rings. The lowest BCUT2D eigenvalue weighted by Gasteiger charge is -2.30. The molecule has 1 fully saturated rings. The molecule has 168 valence electrons. The first kappa shape index (κ1) is 23.6. The van der Waals surface area contributed by atoms with E-state index in [0.717, 1.165) is 15.8 Å². The summed E-state index contributed by atoms with van der Waals surface area (Å²) in [4.78, 5) is 12.4. The summed E-state index contributed by atoms with van der Waals surface area (Å²) in [5.41, 5.74) is 0.750. The minimum atomic E-state index is -3.40. The van der Waals surface area contributed by atoms with Gasteiger partial charge in [0.2, 0.25) is 15.9 Å². The number of carbonyl (C=O) groups excluding carboxylic acids is 1. The van der Waals surface area contributed by atoms with Crippen molar-refractivity contribution in [1.29, 1.82) is 0 Å². The summed E-state index contributed by atoms with van der Waals surface area (Å²) < 4.78 is 38.5. The normalized spacial score (nSPS) is 15.4. The Kier molecular flexibility index (Phi) is 8.34. The molecule has 0 atom stereocenters. The highest BCUT2D eigenvalue weighted by atomic mass is 79.9. The van der Waals surface area contributed by atoms with E-state index in [0.29, 0.717) is 44.8 Å². The van der Waals surface area contributed by atoms with Gasteiger partial charge in [0.1, 0.15) is 18.1 Å². The summed E-state index contributed by atoms with van der Waals surface area (Å²) in [5.74, 6) is 1.20. The third-order valence-electron chi connectivity index (χ3n) is 5.21. The number of sulfonamides is 1. The van der Waals surface area contributed by atoms with Gasteiger partial charge in [0.15, 0.2) is 0 Å². The van der Waals surface area contributed by atoms with Crippen molar-refractivity contribution in [3.05, 3.63) is 58.6 Å². The monoisotopic (exact) mass is 510 g/mol. The number of benzene rings is 2. The SMILES string of the molecule is COc1ccc(OCCNC(=O)C2CCN(S(=O)(=O)Cc3ccc(Br)cc3)CC2)cc1. The van der Waals surface area contributed by atoms with E-state index < -0.39 is 10.0 Å². The van der Waals surface area contributed by atoms with Crippen LogP contribution in [-0.4, -0.2) is 52.0 Å². The minimum Gasteiger partial charge on any atom is -0.497 e. The van der Waals surface area contributed by atoms with Gasteiger partial charge >= 0.3 is 0 Å². The van der Waals surface area contributed by atoms with Crippen LogP contribution >= 0.6 is 15.9 Å². The second-order valence-electron chi connectivity index (χ2n) is 7.37. The average molecular weight is 511 g/mol. The molecule has 0 aliphatic carbocycles. The van der Waals surface area contributed by atoms with Crippen LogP contribution < -0.4 is 14.8 Å². The maximum atomic E-state index is 12.7. The van der Waals surface area contributed by atoms with Crippen LogP contribution in [0.2, 0.25) is 0 Å². The molecule has 1 heterocycles. The lowest BCUT2D eigenvalue weighted by atomic mass is 9.97. The predicted molar refractivity (Wildman–Crippen MR) is 123 cm³/mol. The van der Waals surface area contributed by atoms with E-state index in [1.54, 1.807) is 19.2 Å². The van der Waals surface area contributed by atoms with Gasteiger partial charge < -0.3 is 14.8 Å². The lowest BCUT2D eigenvalue weighted by Crippen LogP contribution is -2.43. The summed E-state index contributed by atoms with van der Waals surface area (Å²) in [6.07, 6.45) is 1.04. The molecule has 1 saturated heterocycles. The highest BCUT2D eigenvalue weighted by Crippen LogP contribution is 2.22. The van der Waals surface area contributed by atoms with Crippen molar-refractivity contribution < 1.29 is 22.7 Å². The zero-order valence-corrected chi connectivity index (χ0v) is 19.8. The Balaban J connectivity index is 1.39. The van der Waals surface area contributed by atoms with Crippen molar-refractivity contribution in [2.75, 3.05) is 33.4 Å². The van der Waals surface area contributed by atoms with Gasteiger partial charge in [-0.1, -0.05) is 28.1 Å². The van der Waals surface area contributed by atoms with E-state index >= 15 is 0 Å². The minimum absolute atomic E-state index is 0.0279. The smallest absolute Gasteiger partial charge is 0.223 e. The highest BCUT2D eigenvalue weighted by molar-refractivity contribution is 9.10. The van der Waals surface area contributed by atoms with Crippen LogP contribution in [0.5, 0.6) is 11.5 Å². The van der Waals surface area contributed by atoms with E-state index in [-0.39, 0.29) is 17.6 Å². The lowest BCUT2D eigenvalue weighted by molar-refractivity contribution is -0.126. The Hall–Kier alpha value is -2.10. The van der Waals surface area contributed by atoms with Crippen molar-refractivity contribution in [2.45, 2.75) is 18.6 Å². The number of amides is 1. The van der Waals surface area contributed by atoms with Gasteiger partial charge in [-0.25, -0.2) is 12.7 Å². The van der Waals surface area contributed by atoms with Crippen LogP contribution in [0.1, 0.15) is 18.4 Å². The molecule has 1 aliphatic heterocycles. The second kappa shape index (κ2) is 11.0. The van der Waals surface area contributed by atoms with Gasteiger partial charge in [0.05, 0.1) is 19.4 Å². The number of methoxy groups -OCH3 is 1. The third kappa shape index (κ3) is 6.95. The first-order chi connectivity index (χ1) is 14.9. The highest BCUT2D eigenvalue weighted by Gasteiger charge is 2.31. The summed E-state index contributed by atoms with van der Waals surface area (Å²) >= 11 is 3.35. The van der Waals surface area contributed by atoms with E-state index in [4.69, 9.17) is 9.47 Å². The maximum Gasteiger partial charge on any atom is 0.223 e. The van der Waals surface area contributed by atoms with E-state index in [1.807, 2.05) is 36.4 Å². The maximum absolute atomic E-state index is 12.7. The van der Waals surface area contributed by atoms with Crippen LogP contribution in [0, 0.1) is 5.92 Å². The van der Waals surface area contributed by atoms with Crippen LogP contribution in [0.25, 0.3) is 0 Å². The molecule has 0 spiro atoms. The number of halogens is 1.